The zero-order valence-corrected chi connectivity index (χ0v) is 10.9. The van der Waals surface area contributed by atoms with E-state index in [1.54, 1.807) is 0 Å². The van der Waals surface area contributed by atoms with E-state index in [1.807, 2.05) is 0 Å². The summed E-state index contributed by atoms with van der Waals surface area (Å²) in [5, 5.41) is 17.1. The van der Waals surface area contributed by atoms with E-state index in [0.717, 1.165) is 14.2 Å². The number of fused-ring (bicyclic) bond motifs is 1. The van der Waals surface area contributed by atoms with Crippen molar-refractivity contribution in [1.29, 1.82) is 0 Å². The number of carbonyl (C=O) groups is 3. The maximum Gasteiger partial charge on any atom is 0.359 e. The molecule has 1 N–H and O–H groups in total. The third-order valence-corrected chi connectivity index (χ3v) is 3.03. The molecule has 0 fully saturated rings. The summed E-state index contributed by atoms with van der Waals surface area (Å²) in [6.45, 7) is 0. The van der Waals surface area contributed by atoms with Gasteiger partial charge in [0.05, 0.1) is 25.9 Å². The molecule has 0 saturated carbocycles. The number of ether oxygens (including phenoxy) is 2. The van der Waals surface area contributed by atoms with Crippen molar-refractivity contribution in [2.45, 2.75) is 18.9 Å². The second kappa shape index (κ2) is 5.33. The maximum absolute atomic E-state index is 12.0. The number of methoxy groups -OCH3 is 2. The van der Waals surface area contributed by atoms with E-state index in [0.29, 0.717) is 0 Å². The summed E-state index contributed by atoms with van der Waals surface area (Å²) in [5.41, 5.74) is -0.718. The first kappa shape index (κ1) is 14.1. The molecular formula is C12H12N2O6. The van der Waals surface area contributed by atoms with Gasteiger partial charge >= 0.3 is 11.9 Å². The van der Waals surface area contributed by atoms with Crippen LogP contribution in [0.3, 0.4) is 0 Å². The number of esters is 2. The average Bonchev–Trinajstić information content (AvgIpc) is 2.48. The number of Topliss-reactive ketones (excluding diaryl/α,β-unsaturated/α-hetero) is 1. The summed E-state index contributed by atoms with van der Waals surface area (Å²) >= 11 is 0. The van der Waals surface area contributed by atoms with Crippen molar-refractivity contribution in [3.63, 3.8) is 0 Å². The van der Waals surface area contributed by atoms with Crippen molar-refractivity contribution in [3.05, 3.63) is 22.5 Å². The highest BCUT2D eigenvalue weighted by atomic mass is 16.5. The van der Waals surface area contributed by atoms with E-state index in [2.05, 4.69) is 19.7 Å². The quantitative estimate of drug-likeness (QED) is 0.756. The van der Waals surface area contributed by atoms with Gasteiger partial charge in [0.2, 0.25) is 0 Å². The highest BCUT2D eigenvalue weighted by Gasteiger charge is 2.35. The first-order valence-electron chi connectivity index (χ1n) is 5.79. The van der Waals surface area contributed by atoms with Crippen LogP contribution >= 0.6 is 0 Å². The van der Waals surface area contributed by atoms with E-state index in [1.165, 1.54) is 0 Å². The largest absolute Gasteiger partial charge is 0.464 e. The minimum absolute atomic E-state index is 0.0245. The minimum atomic E-state index is -1.09. The summed E-state index contributed by atoms with van der Waals surface area (Å²) in [4.78, 5) is 35.2. The van der Waals surface area contributed by atoms with Crippen LogP contribution in [-0.4, -0.2) is 47.2 Å². The molecule has 0 radical (unpaired) electrons. The molecule has 1 heterocycles. The van der Waals surface area contributed by atoms with E-state index in [-0.39, 0.29) is 35.4 Å². The number of aliphatic hydroxyl groups is 1. The highest BCUT2D eigenvalue weighted by molar-refractivity contribution is 6.08. The normalized spacial score (nSPS) is 17.4. The van der Waals surface area contributed by atoms with Gasteiger partial charge in [-0.15, -0.1) is 10.2 Å². The second-order valence-electron chi connectivity index (χ2n) is 4.15. The number of hydrogen-bond donors (Lipinski definition) is 1. The van der Waals surface area contributed by atoms with Crippen molar-refractivity contribution in [2.24, 2.45) is 0 Å². The smallest absolute Gasteiger partial charge is 0.359 e. The van der Waals surface area contributed by atoms with Crippen LogP contribution in [0.25, 0.3) is 0 Å². The molecule has 8 nitrogen and oxygen atoms in total. The molecule has 2 rings (SSSR count). The van der Waals surface area contributed by atoms with Crippen LogP contribution in [-0.2, 0) is 9.47 Å². The molecule has 1 aliphatic rings. The van der Waals surface area contributed by atoms with E-state index >= 15 is 0 Å². The second-order valence-corrected chi connectivity index (χ2v) is 4.15. The zero-order chi connectivity index (χ0) is 14.9. The van der Waals surface area contributed by atoms with Crippen LogP contribution in [0.2, 0.25) is 0 Å². The summed E-state index contributed by atoms with van der Waals surface area (Å²) in [6.07, 6.45) is -0.900. The molecular weight excluding hydrogens is 268 g/mol. The lowest BCUT2D eigenvalue weighted by Gasteiger charge is -2.22. The lowest BCUT2D eigenvalue weighted by molar-refractivity contribution is 0.0558. The molecule has 8 heteroatoms. The van der Waals surface area contributed by atoms with Crippen LogP contribution in [0, 0.1) is 0 Å². The summed E-state index contributed by atoms with van der Waals surface area (Å²) in [5.74, 6) is -2.09. The monoisotopic (exact) mass is 280 g/mol. The molecule has 1 aromatic rings. The van der Waals surface area contributed by atoms with Crippen molar-refractivity contribution >= 4 is 17.7 Å². The Balaban J connectivity index is 2.73. The van der Waals surface area contributed by atoms with Crippen molar-refractivity contribution in [2.75, 3.05) is 14.2 Å². The molecule has 1 atom stereocenters. The van der Waals surface area contributed by atoms with Crippen LogP contribution in [0.1, 0.15) is 55.8 Å². The highest BCUT2D eigenvalue weighted by Crippen LogP contribution is 2.33. The van der Waals surface area contributed by atoms with Crippen molar-refractivity contribution in [3.8, 4) is 0 Å². The number of nitrogens with zero attached hydrogens (tertiary/aromatic N) is 2. The zero-order valence-electron chi connectivity index (χ0n) is 10.9. The van der Waals surface area contributed by atoms with Crippen molar-refractivity contribution in [1.82, 2.24) is 10.2 Å². The van der Waals surface area contributed by atoms with Gasteiger partial charge in [-0.3, -0.25) is 4.79 Å². The van der Waals surface area contributed by atoms with Gasteiger partial charge in [-0.2, -0.15) is 0 Å². The molecule has 20 heavy (non-hydrogen) atoms. The Morgan fingerprint density at radius 1 is 1.15 bits per heavy atom. The Labute approximate surface area is 113 Å². The van der Waals surface area contributed by atoms with Gasteiger partial charge in [0.15, 0.2) is 17.2 Å². The predicted molar refractivity (Wildman–Crippen MR) is 63.2 cm³/mol. The van der Waals surface area contributed by atoms with Gasteiger partial charge < -0.3 is 14.6 Å². The third kappa shape index (κ3) is 2.14. The lowest BCUT2D eigenvalue weighted by atomic mass is 9.86. The lowest BCUT2D eigenvalue weighted by Crippen LogP contribution is -2.26. The van der Waals surface area contributed by atoms with E-state index < -0.39 is 23.8 Å². The summed E-state index contributed by atoms with van der Waals surface area (Å²) in [6, 6.07) is 0. The standard InChI is InChI=1S/C12H12N2O6/c1-19-11(17)9-7-5(15)3-4-6(16)8(7)10(14-13-9)12(18)20-2/h5,15H,3-4H2,1-2H3. The number of hydrogen-bond acceptors (Lipinski definition) is 8. The average molecular weight is 280 g/mol. The Hall–Kier alpha value is -2.35. The van der Waals surface area contributed by atoms with E-state index in [4.69, 9.17) is 0 Å². The van der Waals surface area contributed by atoms with Crippen LogP contribution < -0.4 is 0 Å². The molecule has 0 aromatic carbocycles. The molecule has 1 aliphatic carbocycles. The Bertz CT molecular complexity index is 598. The van der Waals surface area contributed by atoms with Gasteiger partial charge in [-0.1, -0.05) is 0 Å². The van der Waals surface area contributed by atoms with Gasteiger partial charge in [-0.25, -0.2) is 9.59 Å². The molecule has 0 bridgehead atoms. The molecule has 1 unspecified atom stereocenters. The Morgan fingerprint density at radius 2 is 1.70 bits per heavy atom. The maximum atomic E-state index is 12.0. The molecule has 106 valence electrons. The van der Waals surface area contributed by atoms with Gasteiger partial charge in [0.1, 0.15) is 0 Å². The molecule has 0 spiro atoms. The molecule has 1 aromatic heterocycles. The number of carbonyl (C=O) groups excluding carboxylic acids is 3. The first-order valence-corrected chi connectivity index (χ1v) is 5.79. The van der Waals surface area contributed by atoms with E-state index in [9.17, 15) is 19.5 Å². The van der Waals surface area contributed by atoms with Crippen LogP contribution in [0.4, 0.5) is 0 Å². The minimum Gasteiger partial charge on any atom is -0.464 e. The Morgan fingerprint density at radius 3 is 2.30 bits per heavy atom. The number of aromatic nitrogens is 2. The molecule has 0 saturated heterocycles. The fraction of sp³-hybridized carbons (Fsp3) is 0.417. The predicted octanol–water partition coefficient (Wildman–Crippen LogP) is 0.0597. The van der Waals surface area contributed by atoms with Gasteiger partial charge in [0.25, 0.3) is 0 Å². The SMILES string of the molecule is COC(=O)c1nnc(C(=O)OC)c2c1C(=O)CCC2O. The molecule has 0 aliphatic heterocycles. The molecule has 0 amide bonds. The van der Waals surface area contributed by atoms with Gasteiger partial charge in [0, 0.05) is 12.0 Å². The number of ketones is 1. The number of aliphatic hydroxyl groups excluding tert-OH is 1. The number of rotatable bonds is 2. The van der Waals surface area contributed by atoms with Crippen molar-refractivity contribution < 1.29 is 29.0 Å². The fourth-order valence-corrected chi connectivity index (χ4v) is 2.08. The Kier molecular flexibility index (Phi) is 3.75. The summed E-state index contributed by atoms with van der Waals surface area (Å²) < 4.78 is 9.05. The third-order valence-electron chi connectivity index (χ3n) is 3.03. The fourth-order valence-electron chi connectivity index (χ4n) is 2.08. The topological polar surface area (TPSA) is 116 Å². The summed E-state index contributed by atoms with van der Waals surface area (Å²) in [7, 11) is 2.27. The van der Waals surface area contributed by atoms with Gasteiger partial charge in [-0.05, 0) is 6.42 Å². The first-order chi connectivity index (χ1) is 9.51. The van der Waals surface area contributed by atoms with Crippen LogP contribution in [0.5, 0.6) is 0 Å². The van der Waals surface area contributed by atoms with Crippen LogP contribution in [0.15, 0.2) is 0 Å².